The lowest BCUT2D eigenvalue weighted by Crippen LogP contribution is -2.27. The summed E-state index contributed by atoms with van der Waals surface area (Å²) in [6.45, 7) is 5.90. The minimum atomic E-state index is -1.48. The number of hydrogen-bond acceptors (Lipinski definition) is 2. The second-order valence-electron chi connectivity index (χ2n) is 7.86. The van der Waals surface area contributed by atoms with Crippen LogP contribution in [0.2, 0.25) is 0 Å². The predicted octanol–water partition coefficient (Wildman–Crippen LogP) is 7.29. The summed E-state index contributed by atoms with van der Waals surface area (Å²) in [6.07, 6.45) is 24.8. The third kappa shape index (κ3) is 19.8. The third-order valence-electron chi connectivity index (χ3n) is 5.18. The third-order valence-corrected chi connectivity index (χ3v) is 5.18. The monoisotopic (exact) mass is 354 g/mol. The highest BCUT2D eigenvalue weighted by Crippen LogP contribution is 2.19. The van der Waals surface area contributed by atoms with Gasteiger partial charge in [-0.3, -0.25) is 0 Å². The second kappa shape index (κ2) is 18.5. The van der Waals surface area contributed by atoms with E-state index in [1.165, 1.54) is 89.9 Å². The van der Waals surface area contributed by atoms with Crippen LogP contribution in [-0.2, 0) is 0 Å². The van der Waals surface area contributed by atoms with Crippen molar-refractivity contribution in [1.82, 2.24) is 0 Å². The van der Waals surface area contributed by atoms with Gasteiger partial charge in [0.15, 0.2) is 5.79 Å². The van der Waals surface area contributed by atoms with Gasteiger partial charge in [0.25, 0.3) is 0 Å². The van der Waals surface area contributed by atoms with E-state index in [2.05, 4.69) is 13.5 Å². The average molecular weight is 355 g/mol. The highest BCUT2D eigenvalue weighted by Gasteiger charge is 2.20. The highest BCUT2D eigenvalue weighted by molar-refractivity contribution is 4.73. The van der Waals surface area contributed by atoms with Crippen molar-refractivity contribution in [1.29, 1.82) is 0 Å². The van der Waals surface area contributed by atoms with Gasteiger partial charge in [-0.05, 0) is 12.8 Å². The number of allylic oxidation sites excluding steroid dienone is 1. The molecular formula is C23H46O2. The molecule has 0 rings (SSSR count). The van der Waals surface area contributed by atoms with Crippen molar-refractivity contribution in [3.63, 3.8) is 0 Å². The van der Waals surface area contributed by atoms with E-state index in [0.717, 1.165) is 12.8 Å². The molecule has 0 fully saturated rings. The molecule has 2 N–H and O–H groups in total. The van der Waals surface area contributed by atoms with Crippen molar-refractivity contribution in [2.45, 2.75) is 135 Å². The van der Waals surface area contributed by atoms with Gasteiger partial charge in [0.05, 0.1) is 0 Å². The van der Waals surface area contributed by atoms with E-state index in [0.29, 0.717) is 19.3 Å². The summed E-state index contributed by atoms with van der Waals surface area (Å²) in [6, 6.07) is 0. The molecule has 25 heavy (non-hydrogen) atoms. The summed E-state index contributed by atoms with van der Waals surface area (Å²) >= 11 is 0. The van der Waals surface area contributed by atoms with Gasteiger partial charge < -0.3 is 10.2 Å². The Kier molecular flexibility index (Phi) is 18.2. The summed E-state index contributed by atoms with van der Waals surface area (Å²) in [5, 5.41) is 19.5. The molecule has 0 aromatic carbocycles. The second-order valence-corrected chi connectivity index (χ2v) is 7.86. The standard InChI is InChI=1S/C23H46O2/c1-3-5-7-8-9-10-11-12-13-14-15-16-17-18-19-20-22-23(24,25)21-6-4-2/h4,24-25H,2-3,5-22H2,1H3. The van der Waals surface area contributed by atoms with E-state index >= 15 is 0 Å². The molecule has 150 valence electrons. The SMILES string of the molecule is C=CCCC(O)(O)CCCCCCCCCCCCCCCCCC. The van der Waals surface area contributed by atoms with Gasteiger partial charge in [-0.15, -0.1) is 6.58 Å². The van der Waals surface area contributed by atoms with Crippen LogP contribution in [0.1, 0.15) is 129 Å². The lowest BCUT2D eigenvalue weighted by Gasteiger charge is -2.20. The van der Waals surface area contributed by atoms with E-state index < -0.39 is 5.79 Å². The Morgan fingerprint density at radius 3 is 1.32 bits per heavy atom. The maximum Gasteiger partial charge on any atom is 0.162 e. The Hall–Kier alpha value is -0.340. The van der Waals surface area contributed by atoms with Crippen LogP contribution >= 0.6 is 0 Å². The number of hydrogen-bond donors (Lipinski definition) is 2. The molecule has 0 aliphatic carbocycles. The van der Waals surface area contributed by atoms with Crippen LogP contribution in [0.25, 0.3) is 0 Å². The molecule has 0 amide bonds. The van der Waals surface area contributed by atoms with Gasteiger partial charge in [0, 0.05) is 12.8 Å². The fraction of sp³-hybridized carbons (Fsp3) is 0.913. The summed E-state index contributed by atoms with van der Waals surface area (Å²) in [7, 11) is 0. The summed E-state index contributed by atoms with van der Waals surface area (Å²) in [4.78, 5) is 0. The van der Waals surface area contributed by atoms with Crippen molar-refractivity contribution in [2.75, 3.05) is 0 Å². The largest absolute Gasteiger partial charge is 0.366 e. The van der Waals surface area contributed by atoms with Crippen LogP contribution < -0.4 is 0 Å². The zero-order chi connectivity index (χ0) is 18.6. The molecule has 2 heteroatoms. The Morgan fingerprint density at radius 1 is 0.600 bits per heavy atom. The number of aliphatic hydroxyl groups is 2. The van der Waals surface area contributed by atoms with E-state index in [-0.39, 0.29) is 0 Å². The Balaban J connectivity index is 3.15. The van der Waals surface area contributed by atoms with Gasteiger partial charge in [-0.2, -0.15) is 0 Å². The molecule has 0 bridgehead atoms. The van der Waals surface area contributed by atoms with Crippen LogP contribution in [0.3, 0.4) is 0 Å². The van der Waals surface area contributed by atoms with Gasteiger partial charge >= 0.3 is 0 Å². The zero-order valence-electron chi connectivity index (χ0n) is 17.1. The summed E-state index contributed by atoms with van der Waals surface area (Å²) < 4.78 is 0. The van der Waals surface area contributed by atoms with Crippen molar-refractivity contribution >= 4 is 0 Å². The fourth-order valence-corrected chi connectivity index (χ4v) is 3.41. The topological polar surface area (TPSA) is 40.5 Å². The summed E-state index contributed by atoms with van der Waals surface area (Å²) in [5.41, 5.74) is 0. The molecule has 0 aliphatic heterocycles. The van der Waals surface area contributed by atoms with Gasteiger partial charge in [-0.25, -0.2) is 0 Å². The maximum absolute atomic E-state index is 9.77. The van der Waals surface area contributed by atoms with Crippen molar-refractivity contribution in [3.8, 4) is 0 Å². The van der Waals surface area contributed by atoms with Gasteiger partial charge in [-0.1, -0.05) is 109 Å². The van der Waals surface area contributed by atoms with Crippen LogP contribution in [0.4, 0.5) is 0 Å². The Bertz CT molecular complexity index is 273. The van der Waals surface area contributed by atoms with E-state index in [4.69, 9.17) is 0 Å². The maximum atomic E-state index is 9.77. The first kappa shape index (κ1) is 24.7. The van der Waals surface area contributed by atoms with Crippen LogP contribution in [0.5, 0.6) is 0 Å². The Morgan fingerprint density at radius 2 is 0.960 bits per heavy atom. The molecular weight excluding hydrogens is 308 g/mol. The molecule has 0 radical (unpaired) electrons. The average Bonchev–Trinajstić information content (AvgIpc) is 2.59. The number of unbranched alkanes of at least 4 members (excludes halogenated alkanes) is 15. The lowest BCUT2D eigenvalue weighted by molar-refractivity contribution is -0.170. The first-order valence-electron chi connectivity index (χ1n) is 11.2. The number of rotatable bonds is 20. The molecule has 0 aromatic heterocycles. The molecule has 0 saturated heterocycles. The molecule has 0 saturated carbocycles. The van der Waals surface area contributed by atoms with E-state index in [1.807, 2.05) is 0 Å². The smallest absolute Gasteiger partial charge is 0.162 e. The molecule has 0 spiro atoms. The van der Waals surface area contributed by atoms with E-state index in [9.17, 15) is 10.2 Å². The Labute approximate surface area is 158 Å². The van der Waals surface area contributed by atoms with Crippen molar-refractivity contribution < 1.29 is 10.2 Å². The van der Waals surface area contributed by atoms with E-state index in [1.54, 1.807) is 6.08 Å². The van der Waals surface area contributed by atoms with Gasteiger partial charge in [0.1, 0.15) is 0 Å². The predicted molar refractivity (Wildman–Crippen MR) is 111 cm³/mol. The fourth-order valence-electron chi connectivity index (χ4n) is 3.41. The highest BCUT2D eigenvalue weighted by atomic mass is 16.5. The van der Waals surface area contributed by atoms with Gasteiger partial charge in [0.2, 0.25) is 0 Å². The molecule has 0 unspecified atom stereocenters. The first-order valence-corrected chi connectivity index (χ1v) is 11.2. The van der Waals surface area contributed by atoms with Crippen LogP contribution in [-0.4, -0.2) is 16.0 Å². The van der Waals surface area contributed by atoms with Crippen molar-refractivity contribution in [2.24, 2.45) is 0 Å². The molecule has 0 atom stereocenters. The molecule has 2 nitrogen and oxygen atoms in total. The quantitative estimate of drug-likeness (QED) is 0.137. The minimum Gasteiger partial charge on any atom is -0.366 e. The van der Waals surface area contributed by atoms with Crippen molar-refractivity contribution in [3.05, 3.63) is 12.7 Å². The zero-order valence-corrected chi connectivity index (χ0v) is 17.1. The first-order chi connectivity index (χ1) is 12.1. The van der Waals surface area contributed by atoms with Crippen LogP contribution in [0.15, 0.2) is 12.7 Å². The minimum absolute atomic E-state index is 0.412. The summed E-state index contributed by atoms with van der Waals surface area (Å²) in [5.74, 6) is -1.48. The normalized spacial score (nSPS) is 11.8. The molecule has 0 aromatic rings. The lowest BCUT2D eigenvalue weighted by atomic mass is 10.0. The molecule has 0 aliphatic rings. The molecule has 0 heterocycles. The van der Waals surface area contributed by atoms with Crippen LogP contribution in [0, 0.1) is 0 Å².